The Labute approximate surface area is 78.4 Å². The van der Waals surface area contributed by atoms with Crippen LogP contribution in [0.3, 0.4) is 0 Å². The number of carboxylic acids is 1. The monoisotopic (exact) mass is 181 g/mol. The Bertz CT molecular complexity index is 277. The van der Waals surface area contributed by atoms with Gasteiger partial charge in [0.05, 0.1) is 17.4 Å². The van der Waals surface area contributed by atoms with Crippen LogP contribution in [-0.4, -0.2) is 11.1 Å². The minimum Gasteiger partial charge on any atom is -0.481 e. The fourth-order valence-corrected chi connectivity index (χ4v) is 2.11. The van der Waals surface area contributed by atoms with Crippen LogP contribution in [0.2, 0.25) is 0 Å². The number of aliphatic carboxylic acids is 1. The van der Waals surface area contributed by atoms with E-state index in [1.165, 1.54) is 0 Å². The van der Waals surface area contributed by atoms with Crippen LogP contribution in [0.15, 0.2) is 0 Å². The van der Waals surface area contributed by atoms with Crippen molar-refractivity contribution in [3.05, 3.63) is 0 Å². The highest BCUT2D eigenvalue weighted by Crippen LogP contribution is 2.55. The molecule has 3 nitrogen and oxygen atoms in total. The van der Waals surface area contributed by atoms with Crippen molar-refractivity contribution in [2.75, 3.05) is 0 Å². The third-order valence-electron chi connectivity index (χ3n) is 3.85. The SMILES string of the molecule is CC1(C)[C@@H](C#N)CC[C@]1(C)C(=O)O. The Morgan fingerprint density at radius 3 is 2.31 bits per heavy atom. The Hall–Kier alpha value is -1.04. The Morgan fingerprint density at radius 2 is 2.08 bits per heavy atom. The molecule has 2 atom stereocenters. The third-order valence-corrected chi connectivity index (χ3v) is 3.85. The summed E-state index contributed by atoms with van der Waals surface area (Å²) in [6, 6.07) is 2.20. The smallest absolute Gasteiger partial charge is 0.309 e. The molecule has 0 amide bonds. The van der Waals surface area contributed by atoms with Gasteiger partial charge in [-0.25, -0.2) is 0 Å². The van der Waals surface area contributed by atoms with Crippen LogP contribution in [0.4, 0.5) is 0 Å². The van der Waals surface area contributed by atoms with E-state index in [1.54, 1.807) is 6.92 Å². The Kier molecular flexibility index (Phi) is 2.11. The summed E-state index contributed by atoms with van der Waals surface area (Å²) in [7, 11) is 0. The van der Waals surface area contributed by atoms with Crippen LogP contribution in [-0.2, 0) is 4.79 Å². The Balaban J connectivity index is 3.07. The largest absolute Gasteiger partial charge is 0.481 e. The molecule has 0 radical (unpaired) electrons. The first kappa shape index (κ1) is 10.0. The molecule has 0 aromatic heterocycles. The lowest BCUT2D eigenvalue weighted by molar-refractivity contribution is -0.153. The Morgan fingerprint density at radius 1 is 1.54 bits per heavy atom. The standard InChI is InChI=1S/C10H15NO2/c1-9(2)7(6-11)4-5-10(9,3)8(12)13/h7H,4-5H2,1-3H3,(H,12,13)/t7-,10-/m1/s1. The topological polar surface area (TPSA) is 61.1 Å². The van der Waals surface area contributed by atoms with Crippen LogP contribution in [0.25, 0.3) is 0 Å². The van der Waals surface area contributed by atoms with Gasteiger partial charge in [-0.1, -0.05) is 13.8 Å². The second-order valence-electron chi connectivity index (χ2n) is 4.58. The molecule has 0 spiro atoms. The summed E-state index contributed by atoms with van der Waals surface area (Å²) in [6.45, 7) is 5.50. The molecule has 0 aromatic rings. The summed E-state index contributed by atoms with van der Waals surface area (Å²) in [5.41, 5.74) is -1.17. The summed E-state index contributed by atoms with van der Waals surface area (Å²) < 4.78 is 0. The van der Waals surface area contributed by atoms with Gasteiger partial charge in [-0.05, 0) is 25.2 Å². The molecule has 0 bridgehead atoms. The average molecular weight is 181 g/mol. The number of nitriles is 1. The number of carboxylic acid groups (broad SMARTS) is 1. The first-order chi connectivity index (χ1) is 5.86. The van der Waals surface area contributed by atoms with Crippen molar-refractivity contribution in [3.8, 4) is 6.07 Å². The molecule has 1 N–H and O–H groups in total. The maximum Gasteiger partial charge on any atom is 0.309 e. The van der Waals surface area contributed by atoms with E-state index < -0.39 is 16.8 Å². The van der Waals surface area contributed by atoms with Crippen molar-refractivity contribution in [2.24, 2.45) is 16.7 Å². The molecule has 1 saturated carbocycles. The van der Waals surface area contributed by atoms with Gasteiger partial charge in [0, 0.05) is 0 Å². The highest BCUT2D eigenvalue weighted by Gasteiger charge is 2.56. The maximum absolute atomic E-state index is 11.1. The van der Waals surface area contributed by atoms with Gasteiger partial charge in [0.15, 0.2) is 0 Å². The lowest BCUT2D eigenvalue weighted by atomic mass is 9.66. The predicted molar refractivity (Wildman–Crippen MR) is 47.9 cm³/mol. The highest BCUT2D eigenvalue weighted by molar-refractivity contribution is 5.76. The number of carbonyl (C=O) groups is 1. The van der Waals surface area contributed by atoms with E-state index in [4.69, 9.17) is 10.4 Å². The lowest BCUT2D eigenvalue weighted by Gasteiger charge is -2.35. The first-order valence-electron chi connectivity index (χ1n) is 4.49. The average Bonchev–Trinajstić information content (AvgIpc) is 2.25. The molecule has 0 unspecified atom stereocenters. The molecule has 72 valence electrons. The van der Waals surface area contributed by atoms with Crippen LogP contribution in [0, 0.1) is 28.1 Å². The van der Waals surface area contributed by atoms with E-state index in [0.717, 1.165) is 0 Å². The molecular weight excluding hydrogens is 166 g/mol. The molecule has 0 heterocycles. The molecule has 3 heteroatoms. The van der Waals surface area contributed by atoms with Gasteiger partial charge in [-0.15, -0.1) is 0 Å². The van der Waals surface area contributed by atoms with Crippen molar-refractivity contribution in [1.82, 2.24) is 0 Å². The van der Waals surface area contributed by atoms with Crippen molar-refractivity contribution >= 4 is 5.97 Å². The molecule has 1 fully saturated rings. The summed E-state index contributed by atoms with van der Waals surface area (Å²) in [5, 5.41) is 18.0. The molecule has 0 aliphatic heterocycles. The number of rotatable bonds is 1. The van der Waals surface area contributed by atoms with Gasteiger partial charge in [0.1, 0.15) is 0 Å². The number of nitrogens with zero attached hydrogens (tertiary/aromatic N) is 1. The van der Waals surface area contributed by atoms with E-state index in [1.807, 2.05) is 13.8 Å². The van der Waals surface area contributed by atoms with E-state index in [2.05, 4.69) is 6.07 Å². The van der Waals surface area contributed by atoms with E-state index >= 15 is 0 Å². The number of hydrogen-bond acceptors (Lipinski definition) is 2. The van der Waals surface area contributed by atoms with Crippen molar-refractivity contribution in [3.63, 3.8) is 0 Å². The zero-order valence-electron chi connectivity index (χ0n) is 8.29. The fourth-order valence-electron chi connectivity index (χ4n) is 2.11. The van der Waals surface area contributed by atoms with Gasteiger partial charge >= 0.3 is 5.97 Å². The lowest BCUT2D eigenvalue weighted by Crippen LogP contribution is -2.40. The maximum atomic E-state index is 11.1. The molecule has 1 rings (SSSR count). The highest BCUT2D eigenvalue weighted by atomic mass is 16.4. The predicted octanol–water partition coefficient (Wildman–Crippen LogP) is 2.04. The van der Waals surface area contributed by atoms with E-state index in [0.29, 0.717) is 12.8 Å². The minimum absolute atomic E-state index is 0.131. The molecule has 0 aromatic carbocycles. The van der Waals surface area contributed by atoms with Crippen LogP contribution >= 0.6 is 0 Å². The van der Waals surface area contributed by atoms with Crippen molar-refractivity contribution in [1.29, 1.82) is 5.26 Å². The molecule has 0 saturated heterocycles. The molecule has 1 aliphatic carbocycles. The summed E-state index contributed by atoms with van der Waals surface area (Å²) >= 11 is 0. The third kappa shape index (κ3) is 1.13. The van der Waals surface area contributed by atoms with Crippen LogP contribution in [0.5, 0.6) is 0 Å². The summed E-state index contributed by atoms with van der Waals surface area (Å²) in [5.74, 6) is -0.913. The molecular formula is C10H15NO2. The first-order valence-corrected chi connectivity index (χ1v) is 4.49. The second kappa shape index (κ2) is 2.73. The van der Waals surface area contributed by atoms with Crippen molar-refractivity contribution < 1.29 is 9.90 Å². The molecule has 13 heavy (non-hydrogen) atoms. The summed E-state index contributed by atoms with van der Waals surface area (Å²) in [6.07, 6.45) is 1.31. The van der Waals surface area contributed by atoms with Gasteiger partial charge in [-0.2, -0.15) is 5.26 Å². The van der Waals surface area contributed by atoms with Crippen molar-refractivity contribution in [2.45, 2.75) is 33.6 Å². The van der Waals surface area contributed by atoms with Gasteiger partial charge < -0.3 is 5.11 Å². The quantitative estimate of drug-likeness (QED) is 0.673. The normalized spacial score (nSPS) is 36.9. The van der Waals surface area contributed by atoms with E-state index in [-0.39, 0.29) is 5.92 Å². The van der Waals surface area contributed by atoms with Gasteiger partial charge in [0.2, 0.25) is 0 Å². The zero-order chi connectivity index (χ0) is 10.3. The van der Waals surface area contributed by atoms with Gasteiger partial charge in [0.25, 0.3) is 0 Å². The molecule has 1 aliphatic rings. The minimum atomic E-state index is -0.782. The zero-order valence-corrected chi connectivity index (χ0v) is 8.29. The van der Waals surface area contributed by atoms with Crippen LogP contribution < -0.4 is 0 Å². The van der Waals surface area contributed by atoms with Crippen LogP contribution in [0.1, 0.15) is 33.6 Å². The van der Waals surface area contributed by atoms with E-state index in [9.17, 15) is 4.79 Å². The summed E-state index contributed by atoms with van der Waals surface area (Å²) in [4.78, 5) is 11.1. The van der Waals surface area contributed by atoms with Gasteiger partial charge in [-0.3, -0.25) is 4.79 Å². The fraction of sp³-hybridized carbons (Fsp3) is 0.800. The second-order valence-corrected chi connectivity index (χ2v) is 4.58. The number of hydrogen-bond donors (Lipinski definition) is 1.